The van der Waals surface area contributed by atoms with E-state index in [1.165, 1.54) is 23.5 Å². The number of rotatable bonds is 4. The molecule has 2 aromatic carbocycles. The van der Waals surface area contributed by atoms with Crippen LogP contribution < -0.4 is 5.43 Å². The molecule has 0 spiro atoms. The van der Waals surface area contributed by atoms with Crippen molar-refractivity contribution in [2.75, 3.05) is 5.43 Å². The van der Waals surface area contributed by atoms with Crippen molar-refractivity contribution in [2.45, 2.75) is 6.18 Å². The van der Waals surface area contributed by atoms with Crippen molar-refractivity contribution in [1.82, 2.24) is 4.98 Å². The van der Waals surface area contributed by atoms with E-state index in [0.717, 1.165) is 23.5 Å². The van der Waals surface area contributed by atoms with Gasteiger partial charge in [-0.3, -0.25) is 5.43 Å². The van der Waals surface area contributed by atoms with Crippen molar-refractivity contribution >= 4 is 34.3 Å². The van der Waals surface area contributed by atoms with Gasteiger partial charge in [-0.2, -0.15) is 18.3 Å². The highest BCUT2D eigenvalue weighted by atomic mass is 35.5. The number of hydrazone groups is 1. The van der Waals surface area contributed by atoms with E-state index in [4.69, 9.17) is 11.6 Å². The first-order valence-corrected chi connectivity index (χ1v) is 8.36. The van der Waals surface area contributed by atoms with Crippen LogP contribution in [0.25, 0.3) is 11.3 Å². The highest BCUT2D eigenvalue weighted by Gasteiger charge is 2.32. The van der Waals surface area contributed by atoms with Crippen LogP contribution in [0.5, 0.6) is 0 Å². The molecule has 0 amide bonds. The van der Waals surface area contributed by atoms with Gasteiger partial charge in [0.1, 0.15) is 0 Å². The van der Waals surface area contributed by atoms with Crippen molar-refractivity contribution in [3.05, 3.63) is 70.1 Å². The number of thiazole rings is 1. The van der Waals surface area contributed by atoms with Gasteiger partial charge in [-0.05, 0) is 18.2 Å². The Kier molecular flexibility index (Phi) is 5.06. The van der Waals surface area contributed by atoms with Crippen LogP contribution in [0.1, 0.15) is 11.1 Å². The smallest absolute Gasteiger partial charge is 0.253 e. The molecule has 0 bridgehead atoms. The summed E-state index contributed by atoms with van der Waals surface area (Å²) in [5, 5.41) is 6.37. The zero-order valence-electron chi connectivity index (χ0n) is 12.6. The molecule has 3 nitrogen and oxygen atoms in total. The van der Waals surface area contributed by atoms with Crippen molar-refractivity contribution in [1.29, 1.82) is 0 Å². The number of benzene rings is 2. The van der Waals surface area contributed by atoms with Gasteiger partial charge >= 0.3 is 6.18 Å². The minimum Gasteiger partial charge on any atom is -0.253 e. The van der Waals surface area contributed by atoms with Crippen LogP contribution in [0.2, 0.25) is 5.02 Å². The number of halogens is 4. The maximum absolute atomic E-state index is 13.0. The fourth-order valence-corrected chi connectivity index (χ4v) is 2.97. The van der Waals surface area contributed by atoms with E-state index in [1.807, 2.05) is 35.7 Å². The largest absolute Gasteiger partial charge is 0.417 e. The quantitative estimate of drug-likeness (QED) is 0.449. The van der Waals surface area contributed by atoms with Crippen molar-refractivity contribution in [2.24, 2.45) is 5.10 Å². The predicted octanol–water partition coefficient (Wildman–Crippen LogP) is 5.93. The molecule has 1 N–H and O–H groups in total. The zero-order chi connectivity index (χ0) is 17.9. The van der Waals surface area contributed by atoms with Crippen LogP contribution in [-0.4, -0.2) is 11.2 Å². The second-order valence-electron chi connectivity index (χ2n) is 5.00. The molecule has 3 aromatic rings. The molecule has 0 aliphatic rings. The van der Waals surface area contributed by atoms with Crippen LogP contribution >= 0.6 is 22.9 Å². The van der Waals surface area contributed by atoms with Crippen molar-refractivity contribution in [3.63, 3.8) is 0 Å². The molecular formula is C17H11ClF3N3S. The summed E-state index contributed by atoms with van der Waals surface area (Å²) in [6, 6.07) is 12.9. The SMILES string of the molecule is FC(F)(F)c1ccc(Cl)cc1C=NNc1nc(-c2ccccc2)cs1. The standard InChI is InChI=1S/C17H11ClF3N3S/c18-13-6-7-14(17(19,20)21)12(8-13)9-22-24-16-23-15(10-25-16)11-4-2-1-3-5-11/h1-10H,(H,23,24). The van der Waals surface area contributed by atoms with Gasteiger partial charge in [0.05, 0.1) is 17.5 Å². The van der Waals surface area contributed by atoms with E-state index in [-0.39, 0.29) is 10.6 Å². The van der Waals surface area contributed by atoms with E-state index < -0.39 is 11.7 Å². The summed E-state index contributed by atoms with van der Waals surface area (Å²) in [6.07, 6.45) is -3.40. The molecule has 0 aliphatic carbocycles. The summed E-state index contributed by atoms with van der Waals surface area (Å²) >= 11 is 7.08. The Balaban J connectivity index is 1.76. The van der Waals surface area contributed by atoms with Gasteiger partial charge in [0, 0.05) is 21.5 Å². The molecule has 8 heteroatoms. The third kappa shape index (κ3) is 4.37. The van der Waals surface area contributed by atoms with Crippen molar-refractivity contribution < 1.29 is 13.2 Å². The summed E-state index contributed by atoms with van der Waals surface area (Å²) in [7, 11) is 0. The molecule has 3 rings (SSSR count). The highest BCUT2D eigenvalue weighted by molar-refractivity contribution is 7.14. The van der Waals surface area contributed by atoms with E-state index in [1.54, 1.807) is 0 Å². The lowest BCUT2D eigenvalue weighted by Gasteiger charge is -2.09. The Morgan fingerprint density at radius 1 is 1.12 bits per heavy atom. The number of anilines is 1. The summed E-state index contributed by atoms with van der Waals surface area (Å²) in [6.45, 7) is 0. The molecule has 1 aromatic heterocycles. The lowest BCUT2D eigenvalue weighted by molar-refractivity contribution is -0.137. The first-order valence-electron chi connectivity index (χ1n) is 7.10. The minimum atomic E-state index is -4.48. The first kappa shape index (κ1) is 17.4. The minimum absolute atomic E-state index is 0.118. The lowest BCUT2D eigenvalue weighted by atomic mass is 10.1. The third-order valence-electron chi connectivity index (χ3n) is 3.26. The Bertz CT molecular complexity index is 892. The van der Waals surface area contributed by atoms with Crippen LogP contribution in [-0.2, 0) is 6.18 Å². The monoisotopic (exact) mass is 381 g/mol. The Labute approximate surface area is 150 Å². The normalized spacial score (nSPS) is 11.8. The molecule has 128 valence electrons. The molecule has 0 unspecified atom stereocenters. The van der Waals surface area contributed by atoms with Gasteiger partial charge in [-0.1, -0.05) is 41.9 Å². The lowest BCUT2D eigenvalue weighted by Crippen LogP contribution is -2.09. The van der Waals surface area contributed by atoms with Crippen molar-refractivity contribution in [3.8, 4) is 11.3 Å². The van der Waals surface area contributed by atoms with Gasteiger partial charge in [0.2, 0.25) is 5.13 Å². The van der Waals surface area contributed by atoms with Crippen LogP contribution in [0, 0.1) is 0 Å². The van der Waals surface area contributed by atoms with Gasteiger partial charge in [-0.15, -0.1) is 11.3 Å². The maximum atomic E-state index is 13.0. The first-order chi connectivity index (χ1) is 11.9. The van der Waals surface area contributed by atoms with Crippen LogP contribution in [0.3, 0.4) is 0 Å². The number of nitrogens with one attached hydrogen (secondary N) is 1. The Morgan fingerprint density at radius 3 is 2.60 bits per heavy atom. The fourth-order valence-electron chi connectivity index (χ4n) is 2.12. The number of hydrogen-bond acceptors (Lipinski definition) is 4. The second kappa shape index (κ2) is 7.25. The zero-order valence-corrected chi connectivity index (χ0v) is 14.2. The van der Waals surface area contributed by atoms with Gasteiger partial charge in [-0.25, -0.2) is 4.98 Å². The predicted molar refractivity (Wildman–Crippen MR) is 95.2 cm³/mol. The number of nitrogens with zero attached hydrogens (tertiary/aromatic N) is 2. The Morgan fingerprint density at radius 2 is 1.88 bits per heavy atom. The molecule has 0 aliphatic heterocycles. The molecule has 0 radical (unpaired) electrons. The molecular weight excluding hydrogens is 371 g/mol. The van der Waals surface area contributed by atoms with Gasteiger partial charge < -0.3 is 0 Å². The fraction of sp³-hybridized carbons (Fsp3) is 0.0588. The molecule has 0 atom stereocenters. The van der Waals surface area contributed by atoms with E-state index in [2.05, 4.69) is 15.5 Å². The summed E-state index contributed by atoms with van der Waals surface area (Å²) in [5.74, 6) is 0. The van der Waals surface area contributed by atoms with Crippen LogP contribution in [0.15, 0.2) is 59.0 Å². The maximum Gasteiger partial charge on any atom is 0.417 e. The average Bonchev–Trinajstić information content (AvgIpc) is 3.03. The number of aromatic nitrogens is 1. The third-order valence-corrected chi connectivity index (χ3v) is 4.24. The highest BCUT2D eigenvalue weighted by Crippen LogP contribution is 2.32. The Hall–Kier alpha value is -2.38. The summed E-state index contributed by atoms with van der Waals surface area (Å²) in [5.41, 5.74) is 3.44. The molecule has 0 saturated carbocycles. The summed E-state index contributed by atoms with van der Waals surface area (Å²) < 4.78 is 39.0. The van der Waals surface area contributed by atoms with E-state index in [0.29, 0.717) is 5.13 Å². The molecule has 0 saturated heterocycles. The van der Waals surface area contributed by atoms with Crippen LogP contribution in [0.4, 0.5) is 18.3 Å². The van der Waals surface area contributed by atoms with Gasteiger partial charge in [0.25, 0.3) is 0 Å². The van der Waals surface area contributed by atoms with E-state index in [9.17, 15) is 13.2 Å². The van der Waals surface area contributed by atoms with Gasteiger partial charge in [0.15, 0.2) is 0 Å². The second-order valence-corrected chi connectivity index (χ2v) is 6.30. The molecule has 25 heavy (non-hydrogen) atoms. The topological polar surface area (TPSA) is 37.3 Å². The number of alkyl halides is 3. The number of hydrogen-bond donors (Lipinski definition) is 1. The summed E-state index contributed by atoms with van der Waals surface area (Å²) in [4.78, 5) is 4.35. The average molecular weight is 382 g/mol. The molecule has 0 fully saturated rings. The molecule has 1 heterocycles. The van der Waals surface area contributed by atoms with E-state index >= 15 is 0 Å².